The van der Waals surface area contributed by atoms with Gasteiger partial charge in [0.05, 0.1) is 30.3 Å². The molecule has 4 rings (SSSR count). The van der Waals surface area contributed by atoms with E-state index < -0.39 is 17.9 Å². The second-order valence-corrected chi connectivity index (χ2v) is 7.79. The molecule has 0 fully saturated rings. The van der Waals surface area contributed by atoms with E-state index >= 15 is 0 Å². The number of hydrogen-bond donors (Lipinski definition) is 0. The third-order valence-electron chi connectivity index (χ3n) is 5.73. The van der Waals surface area contributed by atoms with Crippen molar-refractivity contribution in [3.63, 3.8) is 0 Å². The Bertz CT molecular complexity index is 1120. The molecule has 0 saturated heterocycles. The molecular weight excluding hydrogens is 406 g/mol. The molecule has 0 radical (unpaired) electrons. The van der Waals surface area contributed by atoms with Gasteiger partial charge in [-0.25, -0.2) is 4.98 Å². The molecule has 1 aromatic heterocycles. The molecule has 2 atom stereocenters. The van der Waals surface area contributed by atoms with Gasteiger partial charge in [-0.2, -0.15) is 0 Å². The van der Waals surface area contributed by atoms with E-state index in [0.717, 1.165) is 29.4 Å². The summed E-state index contributed by atoms with van der Waals surface area (Å²) in [5.74, 6) is -0.536. The number of imidazole rings is 1. The molecule has 0 N–H and O–H groups in total. The fourth-order valence-electron chi connectivity index (χ4n) is 4.33. The summed E-state index contributed by atoms with van der Waals surface area (Å²) in [6, 6.07) is 14.8. The normalized spacial score (nSPS) is 18.0. The van der Waals surface area contributed by atoms with Crippen LogP contribution in [0.2, 0.25) is 0 Å². The molecule has 0 unspecified atom stereocenters. The molecule has 168 valence electrons. The van der Waals surface area contributed by atoms with Crippen molar-refractivity contribution in [2.75, 3.05) is 24.7 Å². The van der Waals surface area contributed by atoms with Crippen LogP contribution in [-0.2, 0) is 14.3 Å². The van der Waals surface area contributed by atoms with Crippen molar-refractivity contribution in [3.05, 3.63) is 54.1 Å². The molecule has 2 heterocycles. The monoisotopic (exact) mass is 435 g/mol. The van der Waals surface area contributed by atoms with E-state index in [2.05, 4.69) is 6.92 Å². The maximum Gasteiger partial charge on any atom is 0.321 e. The fourth-order valence-corrected chi connectivity index (χ4v) is 4.33. The molecule has 2 aromatic carbocycles. The zero-order chi connectivity index (χ0) is 22.7. The number of anilines is 1. The molecule has 3 aromatic rings. The Balaban J connectivity index is 1.96. The van der Waals surface area contributed by atoms with Gasteiger partial charge in [0, 0.05) is 6.54 Å². The van der Waals surface area contributed by atoms with Crippen LogP contribution in [0.15, 0.2) is 48.5 Å². The van der Waals surface area contributed by atoms with Crippen LogP contribution in [0.4, 0.5) is 5.95 Å². The summed E-state index contributed by atoms with van der Waals surface area (Å²) in [7, 11) is 0. The first kappa shape index (κ1) is 21.9. The summed E-state index contributed by atoms with van der Waals surface area (Å²) in [6.07, 6.45) is 1.74. The van der Waals surface area contributed by atoms with Crippen molar-refractivity contribution in [3.8, 4) is 5.75 Å². The molecule has 1 amide bonds. The van der Waals surface area contributed by atoms with Gasteiger partial charge in [-0.1, -0.05) is 37.6 Å². The van der Waals surface area contributed by atoms with Gasteiger partial charge in [0.15, 0.2) is 5.92 Å². The van der Waals surface area contributed by atoms with Crippen molar-refractivity contribution in [1.29, 1.82) is 0 Å². The van der Waals surface area contributed by atoms with E-state index in [9.17, 15) is 9.59 Å². The van der Waals surface area contributed by atoms with E-state index in [0.29, 0.717) is 24.8 Å². The first-order valence-corrected chi connectivity index (χ1v) is 11.3. The fraction of sp³-hybridized carbons (Fsp3) is 0.400. The zero-order valence-corrected chi connectivity index (χ0v) is 18.8. The van der Waals surface area contributed by atoms with Crippen LogP contribution in [0.5, 0.6) is 5.75 Å². The summed E-state index contributed by atoms with van der Waals surface area (Å²) < 4.78 is 13.1. The lowest BCUT2D eigenvalue weighted by Crippen LogP contribution is -2.50. The van der Waals surface area contributed by atoms with E-state index in [1.807, 2.05) is 60.0 Å². The van der Waals surface area contributed by atoms with Crippen molar-refractivity contribution < 1.29 is 19.1 Å². The minimum absolute atomic E-state index is 0.209. The number of para-hydroxylation sites is 2. The number of ether oxygens (including phenoxy) is 2. The number of fused-ring (bicyclic) bond motifs is 3. The number of unbranched alkanes of at least 4 members (excludes halogenated alkanes) is 1. The second-order valence-electron chi connectivity index (χ2n) is 7.79. The Labute approximate surface area is 187 Å². The van der Waals surface area contributed by atoms with Crippen molar-refractivity contribution in [2.24, 2.45) is 5.92 Å². The average molecular weight is 436 g/mol. The Kier molecular flexibility index (Phi) is 6.44. The Morgan fingerprint density at radius 2 is 1.88 bits per heavy atom. The minimum atomic E-state index is -1.01. The van der Waals surface area contributed by atoms with E-state index in [-0.39, 0.29) is 12.5 Å². The lowest BCUT2D eigenvalue weighted by Gasteiger charge is -2.38. The number of amides is 1. The maximum absolute atomic E-state index is 13.7. The van der Waals surface area contributed by atoms with Crippen LogP contribution in [0.25, 0.3) is 11.0 Å². The molecule has 0 aliphatic carbocycles. The molecule has 32 heavy (non-hydrogen) atoms. The highest BCUT2D eigenvalue weighted by molar-refractivity contribution is 6.08. The molecule has 1 aliphatic rings. The van der Waals surface area contributed by atoms with E-state index in [1.165, 1.54) is 0 Å². The van der Waals surface area contributed by atoms with Gasteiger partial charge in [-0.15, -0.1) is 0 Å². The number of esters is 1. The van der Waals surface area contributed by atoms with Crippen LogP contribution < -0.4 is 9.64 Å². The van der Waals surface area contributed by atoms with Gasteiger partial charge >= 0.3 is 5.97 Å². The molecule has 0 spiro atoms. The SMILES string of the molecule is CCCCN1C(=O)[C@H](C(=O)OCC)[C@@H](c2cccc(OCC)c2)n2c1nc1ccccc12. The van der Waals surface area contributed by atoms with Crippen LogP contribution in [0.1, 0.15) is 45.2 Å². The third-order valence-corrected chi connectivity index (χ3v) is 5.73. The average Bonchev–Trinajstić information content (AvgIpc) is 3.17. The topological polar surface area (TPSA) is 73.7 Å². The van der Waals surface area contributed by atoms with Crippen molar-refractivity contribution in [1.82, 2.24) is 9.55 Å². The predicted molar refractivity (Wildman–Crippen MR) is 123 cm³/mol. The molecule has 0 bridgehead atoms. The molecule has 0 saturated carbocycles. The molecular formula is C25H29N3O4. The summed E-state index contributed by atoms with van der Waals surface area (Å²) in [4.78, 5) is 33.3. The number of aromatic nitrogens is 2. The van der Waals surface area contributed by atoms with Gasteiger partial charge in [0.2, 0.25) is 11.9 Å². The Morgan fingerprint density at radius 1 is 1.06 bits per heavy atom. The maximum atomic E-state index is 13.7. The number of carbonyl (C=O) groups is 2. The zero-order valence-electron chi connectivity index (χ0n) is 18.8. The van der Waals surface area contributed by atoms with Gasteiger partial charge in [-0.05, 0) is 50.1 Å². The lowest BCUT2D eigenvalue weighted by molar-refractivity contribution is -0.153. The summed E-state index contributed by atoms with van der Waals surface area (Å²) >= 11 is 0. The summed E-state index contributed by atoms with van der Waals surface area (Å²) in [6.45, 7) is 6.98. The van der Waals surface area contributed by atoms with Crippen LogP contribution in [0, 0.1) is 5.92 Å². The predicted octanol–water partition coefficient (Wildman–Crippen LogP) is 4.35. The van der Waals surface area contributed by atoms with Crippen LogP contribution in [0.3, 0.4) is 0 Å². The number of nitrogens with zero attached hydrogens (tertiary/aromatic N) is 3. The number of rotatable bonds is 8. The standard InChI is InChI=1S/C25H29N3O4/c1-4-7-15-27-23(29)21(24(30)32-6-3)22(17-11-10-12-18(16-17)31-5-2)28-20-14-9-8-13-19(20)26-25(27)28/h8-14,16,21-22H,4-7,15H2,1-3H3/t21-,22-/m1/s1. The highest BCUT2D eigenvalue weighted by Crippen LogP contribution is 2.42. The van der Waals surface area contributed by atoms with Gasteiger partial charge < -0.3 is 14.0 Å². The quantitative estimate of drug-likeness (QED) is 0.388. The highest BCUT2D eigenvalue weighted by atomic mass is 16.5. The first-order valence-electron chi connectivity index (χ1n) is 11.3. The number of carbonyl (C=O) groups excluding carboxylic acids is 2. The molecule has 7 nitrogen and oxygen atoms in total. The second kappa shape index (κ2) is 9.42. The smallest absolute Gasteiger partial charge is 0.321 e. The van der Waals surface area contributed by atoms with Gasteiger partial charge in [0.25, 0.3) is 0 Å². The molecule has 1 aliphatic heterocycles. The van der Waals surface area contributed by atoms with Gasteiger partial charge in [-0.3, -0.25) is 14.5 Å². The van der Waals surface area contributed by atoms with Crippen molar-refractivity contribution in [2.45, 2.75) is 39.7 Å². The lowest BCUT2D eigenvalue weighted by atomic mass is 9.89. The van der Waals surface area contributed by atoms with Crippen molar-refractivity contribution >= 4 is 28.9 Å². The van der Waals surface area contributed by atoms with Gasteiger partial charge in [0.1, 0.15) is 5.75 Å². The largest absolute Gasteiger partial charge is 0.494 e. The first-order chi connectivity index (χ1) is 15.6. The third kappa shape index (κ3) is 3.83. The Morgan fingerprint density at radius 3 is 2.62 bits per heavy atom. The highest BCUT2D eigenvalue weighted by Gasteiger charge is 2.47. The van der Waals surface area contributed by atoms with Crippen LogP contribution >= 0.6 is 0 Å². The summed E-state index contributed by atoms with van der Waals surface area (Å²) in [5, 5.41) is 0. The Hall–Kier alpha value is -3.35. The number of hydrogen-bond acceptors (Lipinski definition) is 5. The number of benzene rings is 2. The van der Waals surface area contributed by atoms with Crippen LogP contribution in [-0.4, -0.2) is 41.2 Å². The minimum Gasteiger partial charge on any atom is -0.494 e. The summed E-state index contributed by atoms with van der Waals surface area (Å²) in [5.41, 5.74) is 2.46. The van der Waals surface area contributed by atoms with E-state index in [1.54, 1.807) is 11.8 Å². The van der Waals surface area contributed by atoms with E-state index in [4.69, 9.17) is 14.5 Å². The molecule has 7 heteroatoms.